The standard InChI is InChI=1S/C24H23NO7S2/c1-30-14-17-12-16(13-20-23(29)25(24(33)34-20)11-5-8-21(26)27)9-10-19(17)31-15-22(28)32-18-6-3-2-4-7-18/h2-4,6-7,9-10,12-13H,5,8,11,14-15H2,1H3,(H,26,27)/b20-13-. The molecule has 0 bridgehead atoms. The van der Waals surface area contributed by atoms with Crippen molar-refractivity contribution in [3.63, 3.8) is 0 Å². The Labute approximate surface area is 206 Å². The Balaban J connectivity index is 1.66. The van der Waals surface area contributed by atoms with Crippen LogP contribution in [0, 0.1) is 0 Å². The topological polar surface area (TPSA) is 102 Å². The molecule has 178 valence electrons. The number of aliphatic carboxylic acids is 1. The van der Waals surface area contributed by atoms with Gasteiger partial charge in [0, 0.05) is 25.6 Å². The molecule has 1 fully saturated rings. The number of carboxylic acids is 1. The molecule has 8 nitrogen and oxygen atoms in total. The molecule has 1 aliphatic rings. The van der Waals surface area contributed by atoms with Gasteiger partial charge in [-0.1, -0.05) is 48.2 Å². The number of hydrogen-bond acceptors (Lipinski definition) is 8. The number of thioether (sulfide) groups is 1. The molecule has 2 aromatic carbocycles. The molecule has 1 saturated heterocycles. The van der Waals surface area contributed by atoms with Crippen molar-refractivity contribution in [2.24, 2.45) is 0 Å². The Hall–Kier alpha value is -3.21. The van der Waals surface area contributed by atoms with Crippen molar-refractivity contribution in [1.82, 2.24) is 4.90 Å². The highest BCUT2D eigenvalue weighted by molar-refractivity contribution is 8.26. The number of methoxy groups -OCH3 is 1. The number of ether oxygens (including phenoxy) is 3. The van der Waals surface area contributed by atoms with Crippen LogP contribution in [-0.4, -0.2) is 52.4 Å². The van der Waals surface area contributed by atoms with Gasteiger partial charge in [-0.15, -0.1) is 0 Å². The molecule has 0 spiro atoms. The fraction of sp³-hybridized carbons (Fsp3) is 0.250. The molecule has 0 saturated carbocycles. The van der Waals surface area contributed by atoms with Gasteiger partial charge in [-0.25, -0.2) is 4.79 Å². The predicted molar refractivity (Wildman–Crippen MR) is 131 cm³/mol. The third-order valence-corrected chi connectivity index (χ3v) is 6.03. The summed E-state index contributed by atoms with van der Waals surface area (Å²) in [7, 11) is 1.54. The molecule has 0 radical (unpaired) electrons. The molecule has 0 unspecified atom stereocenters. The number of carbonyl (C=O) groups excluding carboxylic acids is 2. The Morgan fingerprint density at radius 1 is 1.18 bits per heavy atom. The number of benzene rings is 2. The summed E-state index contributed by atoms with van der Waals surface area (Å²) in [5, 5.41) is 8.79. The van der Waals surface area contributed by atoms with Gasteiger partial charge in [0.1, 0.15) is 15.8 Å². The van der Waals surface area contributed by atoms with Gasteiger partial charge in [0.25, 0.3) is 5.91 Å². The summed E-state index contributed by atoms with van der Waals surface area (Å²) >= 11 is 6.45. The molecule has 1 N–H and O–H groups in total. The zero-order valence-corrected chi connectivity index (χ0v) is 20.0. The van der Waals surface area contributed by atoms with Crippen LogP contribution < -0.4 is 9.47 Å². The van der Waals surface area contributed by atoms with Crippen LogP contribution in [0.4, 0.5) is 0 Å². The lowest BCUT2D eigenvalue weighted by Gasteiger charge is -2.13. The first-order chi connectivity index (χ1) is 16.4. The summed E-state index contributed by atoms with van der Waals surface area (Å²) in [4.78, 5) is 37.4. The molecule has 0 aliphatic carbocycles. The number of carboxylic acid groups (broad SMARTS) is 1. The molecular weight excluding hydrogens is 478 g/mol. The number of rotatable bonds is 11. The van der Waals surface area contributed by atoms with Gasteiger partial charge >= 0.3 is 11.9 Å². The summed E-state index contributed by atoms with van der Waals surface area (Å²) in [6, 6.07) is 14.0. The average molecular weight is 502 g/mol. The maximum atomic E-state index is 12.7. The highest BCUT2D eigenvalue weighted by Gasteiger charge is 2.31. The van der Waals surface area contributed by atoms with E-state index in [9.17, 15) is 14.4 Å². The van der Waals surface area contributed by atoms with Gasteiger partial charge in [-0.3, -0.25) is 14.5 Å². The molecule has 3 rings (SSSR count). The van der Waals surface area contributed by atoms with Gasteiger partial charge in [0.05, 0.1) is 11.5 Å². The summed E-state index contributed by atoms with van der Waals surface area (Å²) < 4.78 is 16.5. The number of para-hydroxylation sites is 1. The number of hydrogen-bond donors (Lipinski definition) is 1. The van der Waals surface area contributed by atoms with Crippen LogP contribution in [0.1, 0.15) is 24.0 Å². The van der Waals surface area contributed by atoms with E-state index in [4.69, 9.17) is 31.5 Å². The lowest BCUT2D eigenvalue weighted by atomic mass is 10.1. The fourth-order valence-electron chi connectivity index (χ4n) is 3.12. The van der Waals surface area contributed by atoms with Crippen LogP contribution in [-0.2, 0) is 25.7 Å². The molecule has 34 heavy (non-hydrogen) atoms. The van der Waals surface area contributed by atoms with Crippen molar-refractivity contribution in [2.45, 2.75) is 19.4 Å². The molecule has 1 heterocycles. The number of carbonyl (C=O) groups is 3. The van der Waals surface area contributed by atoms with Crippen LogP contribution in [0.2, 0.25) is 0 Å². The third kappa shape index (κ3) is 7.14. The maximum Gasteiger partial charge on any atom is 0.349 e. The summed E-state index contributed by atoms with van der Waals surface area (Å²) in [6.45, 7) is 0.218. The largest absolute Gasteiger partial charge is 0.482 e. The van der Waals surface area contributed by atoms with Crippen molar-refractivity contribution >= 4 is 52.2 Å². The fourth-order valence-corrected chi connectivity index (χ4v) is 4.43. The van der Waals surface area contributed by atoms with Gasteiger partial charge in [-0.05, 0) is 42.3 Å². The highest BCUT2D eigenvalue weighted by atomic mass is 32.2. The lowest BCUT2D eigenvalue weighted by Crippen LogP contribution is -2.29. The van der Waals surface area contributed by atoms with E-state index in [2.05, 4.69) is 0 Å². The second-order valence-corrected chi connectivity index (χ2v) is 8.88. The van der Waals surface area contributed by atoms with E-state index >= 15 is 0 Å². The van der Waals surface area contributed by atoms with Crippen LogP contribution in [0.15, 0.2) is 53.4 Å². The van der Waals surface area contributed by atoms with E-state index in [-0.39, 0.29) is 32.1 Å². The predicted octanol–water partition coefficient (Wildman–Crippen LogP) is 3.88. The van der Waals surface area contributed by atoms with E-state index in [1.807, 2.05) is 6.07 Å². The SMILES string of the molecule is COCc1cc(/C=C2\SC(=S)N(CCCC(=O)O)C2=O)ccc1OCC(=O)Oc1ccccc1. The molecule has 0 aromatic heterocycles. The smallest absolute Gasteiger partial charge is 0.349 e. The minimum Gasteiger partial charge on any atom is -0.482 e. The Kier molecular flexibility index (Phi) is 9.20. The second kappa shape index (κ2) is 12.3. The molecular formula is C24H23NO7S2. The lowest BCUT2D eigenvalue weighted by molar-refractivity contribution is -0.138. The molecule has 0 atom stereocenters. The van der Waals surface area contributed by atoms with Crippen molar-refractivity contribution in [3.8, 4) is 11.5 Å². The van der Waals surface area contributed by atoms with Crippen LogP contribution >= 0.6 is 24.0 Å². The Morgan fingerprint density at radius 2 is 1.94 bits per heavy atom. The van der Waals surface area contributed by atoms with Crippen molar-refractivity contribution in [3.05, 3.63) is 64.6 Å². The summed E-state index contributed by atoms with van der Waals surface area (Å²) in [6.07, 6.45) is 2.01. The Morgan fingerprint density at radius 3 is 2.65 bits per heavy atom. The zero-order valence-electron chi connectivity index (χ0n) is 18.4. The summed E-state index contributed by atoms with van der Waals surface area (Å²) in [5.74, 6) is -0.806. The molecule has 10 heteroatoms. The summed E-state index contributed by atoms with van der Waals surface area (Å²) in [5.41, 5.74) is 1.43. The first kappa shape index (κ1) is 25.4. The van der Waals surface area contributed by atoms with Gasteiger partial charge in [-0.2, -0.15) is 0 Å². The normalized spacial score (nSPS) is 14.5. The number of amides is 1. The van der Waals surface area contributed by atoms with E-state index in [1.165, 1.54) is 16.7 Å². The third-order valence-electron chi connectivity index (χ3n) is 4.65. The van der Waals surface area contributed by atoms with Gasteiger partial charge in [0.15, 0.2) is 6.61 Å². The molecule has 1 aliphatic heterocycles. The van der Waals surface area contributed by atoms with Crippen LogP contribution in [0.25, 0.3) is 6.08 Å². The van der Waals surface area contributed by atoms with Crippen LogP contribution in [0.5, 0.6) is 11.5 Å². The Bertz CT molecular complexity index is 1100. The minimum absolute atomic E-state index is 0.0309. The van der Waals surface area contributed by atoms with Crippen molar-refractivity contribution in [2.75, 3.05) is 20.3 Å². The first-order valence-electron chi connectivity index (χ1n) is 10.3. The average Bonchev–Trinajstić information content (AvgIpc) is 3.06. The molecule has 1 amide bonds. The van der Waals surface area contributed by atoms with E-state index in [1.54, 1.807) is 55.7 Å². The van der Waals surface area contributed by atoms with Crippen LogP contribution in [0.3, 0.4) is 0 Å². The van der Waals surface area contributed by atoms with E-state index in [0.29, 0.717) is 32.7 Å². The van der Waals surface area contributed by atoms with Crippen molar-refractivity contribution < 1.29 is 33.7 Å². The number of esters is 1. The van der Waals surface area contributed by atoms with E-state index in [0.717, 1.165) is 5.56 Å². The first-order valence-corrected chi connectivity index (χ1v) is 11.6. The highest BCUT2D eigenvalue weighted by Crippen LogP contribution is 2.33. The minimum atomic E-state index is -0.915. The van der Waals surface area contributed by atoms with Crippen molar-refractivity contribution in [1.29, 1.82) is 0 Å². The van der Waals surface area contributed by atoms with E-state index < -0.39 is 11.9 Å². The number of thiocarbonyl (C=S) groups is 1. The molecule has 2 aromatic rings. The monoisotopic (exact) mass is 501 g/mol. The number of nitrogens with zero attached hydrogens (tertiary/aromatic N) is 1. The van der Waals surface area contributed by atoms with Gasteiger partial charge < -0.3 is 19.3 Å². The quantitative estimate of drug-likeness (QED) is 0.213. The maximum absolute atomic E-state index is 12.7. The van der Waals surface area contributed by atoms with Gasteiger partial charge in [0.2, 0.25) is 0 Å². The zero-order chi connectivity index (χ0) is 24.5. The second-order valence-electron chi connectivity index (χ2n) is 7.21.